The minimum atomic E-state index is -0.876. The highest BCUT2D eigenvalue weighted by Gasteiger charge is 2.18. The lowest BCUT2D eigenvalue weighted by atomic mass is 9.94. The molecule has 2 heterocycles. The van der Waals surface area contributed by atoms with Crippen molar-refractivity contribution in [3.63, 3.8) is 0 Å². The number of nitrogens with zero attached hydrogens (tertiary/aromatic N) is 3. The van der Waals surface area contributed by atoms with E-state index >= 15 is 0 Å². The lowest BCUT2D eigenvalue weighted by Crippen LogP contribution is -2.29. The second-order valence-corrected chi connectivity index (χ2v) is 8.42. The molecule has 0 radical (unpaired) electrons. The number of allylic oxidation sites excluding steroid dienone is 1. The summed E-state index contributed by atoms with van der Waals surface area (Å²) in [7, 11) is 0. The molecule has 0 saturated carbocycles. The largest absolute Gasteiger partial charge is 0.353 e. The lowest BCUT2D eigenvalue weighted by Gasteiger charge is -2.26. The number of rotatable bonds is 7. The second kappa shape index (κ2) is 10.0. The van der Waals surface area contributed by atoms with Gasteiger partial charge in [-0.25, -0.2) is 8.78 Å². The molecule has 0 spiro atoms. The van der Waals surface area contributed by atoms with Gasteiger partial charge < -0.3 is 5.32 Å². The van der Waals surface area contributed by atoms with Crippen LogP contribution in [-0.2, 0) is 6.54 Å². The van der Waals surface area contributed by atoms with Gasteiger partial charge >= 0.3 is 0 Å². The molecule has 1 fully saturated rings. The van der Waals surface area contributed by atoms with Crippen LogP contribution in [0.1, 0.15) is 36.0 Å². The zero-order valence-electron chi connectivity index (χ0n) is 18.7. The smallest absolute Gasteiger partial charge is 0.166 e. The van der Waals surface area contributed by atoms with Crippen molar-refractivity contribution in [1.82, 2.24) is 15.1 Å². The van der Waals surface area contributed by atoms with Crippen molar-refractivity contribution in [3.05, 3.63) is 89.4 Å². The number of likely N-dealkylation sites (tertiary alicyclic amines) is 1. The maximum atomic E-state index is 14.8. The van der Waals surface area contributed by atoms with Crippen LogP contribution in [0.2, 0.25) is 0 Å². The van der Waals surface area contributed by atoms with Gasteiger partial charge in [-0.2, -0.15) is 10.2 Å². The molecule has 170 valence electrons. The van der Waals surface area contributed by atoms with Crippen molar-refractivity contribution >= 4 is 11.4 Å². The number of anilines is 1. The molecule has 1 aliphatic rings. The normalized spacial score (nSPS) is 14.2. The van der Waals surface area contributed by atoms with E-state index in [2.05, 4.69) is 27.0 Å². The Balaban J connectivity index is 1.62. The molecule has 3 aromatic rings. The molecule has 2 N–H and O–H groups in total. The molecular formula is C26H27F2N5. The van der Waals surface area contributed by atoms with Crippen LogP contribution in [-0.4, -0.2) is 33.9 Å². The summed E-state index contributed by atoms with van der Waals surface area (Å²) in [5, 5.41) is 19.2. The zero-order valence-corrected chi connectivity index (χ0v) is 18.7. The summed E-state index contributed by atoms with van der Waals surface area (Å²) in [6.07, 6.45) is 6.56. The molecule has 1 aromatic heterocycles. The zero-order chi connectivity index (χ0) is 23.4. The summed E-state index contributed by atoms with van der Waals surface area (Å²) >= 11 is 0. The molecule has 0 amide bonds. The van der Waals surface area contributed by atoms with E-state index in [1.807, 2.05) is 13.0 Å². The minimum absolute atomic E-state index is 0.163. The standard InChI is InChI=1S/C26H27F2N5/c1-17-6-7-20(14-22(17)26(29)18(2)32-21-8-9-30-31-15-21)23-12-19(13-24(27)25(23)28)16-33-10-4-3-5-11-33/h6-9,12-15,29H,2-5,10-11,16H2,1H3,(H,30,32). The van der Waals surface area contributed by atoms with Crippen LogP contribution in [0.5, 0.6) is 0 Å². The van der Waals surface area contributed by atoms with Gasteiger partial charge in [0.1, 0.15) is 0 Å². The SMILES string of the molecule is C=C(Nc1ccnnc1)C(=N)c1cc(-c2cc(CN3CCCCC3)cc(F)c2F)ccc1C. The lowest BCUT2D eigenvalue weighted by molar-refractivity contribution is 0.220. The summed E-state index contributed by atoms with van der Waals surface area (Å²) in [6.45, 7) is 8.38. The Morgan fingerprint density at radius 3 is 2.61 bits per heavy atom. The van der Waals surface area contributed by atoms with Gasteiger partial charge in [-0.05, 0) is 73.8 Å². The first-order valence-electron chi connectivity index (χ1n) is 11.1. The molecule has 1 aliphatic heterocycles. The molecule has 0 atom stereocenters. The van der Waals surface area contributed by atoms with Crippen LogP contribution >= 0.6 is 0 Å². The van der Waals surface area contributed by atoms with Gasteiger partial charge in [0.2, 0.25) is 0 Å². The Hall–Kier alpha value is -3.45. The van der Waals surface area contributed by atoms with Gasteiger partial charge in [0.15, 0.2) is 11.6 Å². The summed E-state index contributed by atoms with van der Waals surface area (Å²) in [5.74, 6) is -1.73. The number of benzene rings is 2. The van der Waals surface area contributed by atoms with Crippen LogP contribution in [0, 0.1) is 24.0 Å². The Morgan fingerprint density at radius 2 is 1.88 bits per heavy atom. The van der Waals surface area contributed by atoms with Crippen LogP contribution < -0.4 is 5.32 Å². The van der Waals surface area contributed by atoms with E-state index in [9.17, 15) is 8.78 Å². The predicted octanol–water partition coefficient (Wildman–Crippen LogP) is 5.71. The fourth-order valence-corrected chi connectivity index (χ4v) is 4.15. The number of aryl methyl sites for hydroxylation is 1. The van der Waals surface area contributed by atoms with Gasteiger partial charge in [-0.15, -0.1) is 0 Å². The van der Waals surface area contributed by atoms with Crippen LogP contribution in [0.25, 0.3) is 11.1 Å². The van der Waals surface area contributed by atoms with Crippen molar-refractivity contribution in [2.75, 3.05) is 18.4 Å². The number of hydrogen-bond acceptors (Lipinski definition) is 5. The first-order chi connectivity index (χ1) is 15.9. The van der Waals surface area contributed by atoms with Crippen molar-refractivity contribution in [3.8, 4) is 11.1 Å². The van der Waals surface area contributed by atoms with Crippen LogP contribution in [0.3, 0.4) is 0 Å². The number of hydrogen-bond donors (Lipinski definition) is 2. The summed E-state index contributed by atoms with van der Waals surface area (Å²) in [6, 6.07) is 10.0. The van der Waals surface area contributed by atoms with E-state index in [4.69, 9.17) is 5.41 Å². The first-order valence-corrected chi connectivity index (χ1v) is 11.1. The minimum Gasteiger partial charge on any atom is -0.353 e. The highest BCUT2D eigenvalue weighted by Crippen LogP contribution is 2.30. The van der Waals surface area contributed by atoms with Crippen molar-refractivity contribution < 1.29 is 8.78 Å². The Morgan fingerprint density at radius 1 is 1.09 bits per heavy atom. The molecule has 7 heteroatoms. The Labute approximate surface area is 192 Å². The monoisotopic (exact) mass is 447 g/mol. The third kappa shape index (κ3) is 5.31. The third-order valence-corrected chi connectivity index (χ3v) is 5.94. The third-order valence-electron chi connectivity index (χ3n) is 5.94. The van der Waals surface area contributed by atoms with E-state index in [0.717, 1.165) is 37.1 Å². The highest BCUT2D eigenvalue weighted by atomic mass is 19.2. The van der Waals surface area contributed by atoms with Crippen molar-refractivity contribution in [2.45, 2.75) is 32.7 Å². The number of nitrogens with one attached hydrogen (secondary N) is 2. The van der Waals surface area contributed by atoms with Crippen molar-refractivity contribution in [1.29, 1.82) is 5.41 Å². The van der Waals surface area contributed by atoms with Gasteiger partial charge in [0.05, 0.1) is 29.5 Å². The van der Waals surface area contributed by atoms with Gasteiger partial charge in [0.25, 0.3) is 0 Å². The summed E-state index contributed by atoms with van der Waals surface area (Å²) in [4.78, 5) is 2.28. The molecule has 0 bridgehead atoms. The molecule has 1 saturated heterocycles. The van der Waals surface area contributed by atoms with E-state index in [0.29, 0.717) is 29.1 Å². The molecule has 5 nitrogen and oxygen atoms in total. The van der Waals surface area contributed by atoms with E-state index in [-0.39, 0.29) is 11.3 Å². The molecule has 4 rings (SSSR count). The number of piperidine rings is 1. The van der Waals surface area contributed by atoms with E-state index in [1.165, 1.54) is 18.7 Å². The maximum absolute atomic E-state index is 14.8. The maximum Gasteiger partial charge on any atom is 0.166 e. The Kier molecular flexibility index (Phi) is 6.89. The van der Waals surface area contributed by atoms with Gasteiger partial charge in [-0.1, -0.05) is 25.1 Å². The molecular weight excluding hydrogens is 420 g/mol. The summed E-state index contributed by atoms with van der Waals surface area (Å²) < 4.78 is 29.4. The summed E-state index contributed by atoms with van der Waals surface area (Å²) in [5.41, 5.74) is 4.10. The molecule has 0 aliphatic carbocycles. The molecule has 2 aromatic carbocycles. The number of aromatic nitrogens is 2. The average molecular weight is 448 g/mol. The topological polar surface area (TPSA) is 64.9 Å². The number of halogens is 2. The molecule has 0 unspecified atom stereocenters. The molecule has 33 heavy (non-hydrogen) atoms. The van der Waals surface area contributed by atoms with Crippen LogP contribution in [0.15, 0.2) is 61.1 Å². The second-order valence-electron chi connectivity index (χ2n) is 8.42. The Bertz CT molecular complexity index is 1170. The quantitative estimate of drug-likeness (QED) is 0.456. The van der Waals surface area contributed by atoms with E-state index in [1.54, 1.807) is 30.5 Å². The fraction of sp³-hybridized carbons (Fsp3) is 0.269. The fourth-order valence-electron chi connectivity index (χ4n) is 4.15. The van der Waals surface area contributed by atoms with Gasteiger partial charge in [-0.3, -0.25) is 10.3 Å². The van der Waals surface area contributed by atoms with Crippen LogP contribution in [0.4, 0.5) is 14.5 Å². The average Bonchev–Trinajstić information content (AvgIpc) is 2.82. The van der Waals surface area contributed by atoms with Gasteiger partial charge in [0, 0.05) is 17.7 Å². The highest BCUT2D eigenvalue weighted by molar-refractivity contribution is 6.13. The van der Waals surface area contributed by atoms with E-state index < -0.39 is 11.6 Å². The first kappa shape index (κ1) is 22.7. The predicted molar refractivity (Wildman–Crippen MR) is 127 cm³/mol. The van der Waals surface area contributed by atoms with Crippen molar-refractivity contribution in [2.24, 2.45) is 0 Å².